The summed E-state index contributed by atoms with van der Waals surface area (Å²) in [5.74, 6) is 1.50. The summed E-state index contributed by atoms with van der Waals surface area (Å²) >= 11 is 0. The Morgan fingerprint density at radius 1 is 1.25 bits per heavy atom. The number of nitrogens with zero attached hydrogens (tertiary/aromatic N) is 3. The Morgan fingerprint density at radius 2 is 2.08 bits per heavy atom. The molecule has 6 heteroatoms. The van der Waals surface area contributed by atoms with E-state index in [4.69, 9.17) is 0 Å². The summed E-state index contributed by atoms with van der Waals surface area (Å²) in [5.41, 5.74) is 2.21. The third kappa shape index (κ3) is 2.68. The normalized spacial score (nSPS) is 20.2. The smallest absolute Gasteiger partial charge is 0.233 e. The van der Waals surface area contributed by atoms with Gasteiger partial charge in [0.2, 0.25) is 11.9 Å². The summed E-state index contributed by atoms with van der Waals surface area (Å²) in [6.07, 6.45) is 5.89. The zero-order chi connectivity index (χ0) is 16.5. The van der Waals surface area contributed by atoms with Crippen molar-refractivity contribution in [3.8, 4) is 0 Å². The van der Waals surface area contributed by atoms with Crippen LogP contribution in [0, 0.1) is 5.82 Å². The highest BCUT2D eigenvalue weighted by atomic mass is 19.1. The van der Waals surface area contributed by atoms with Crippen LogP contribution in [0.1, 0.15) is 24.8 Å². The molecule has 0 spiro atoms. The molecule has 24 heavy (non-hydrogen) atoms. The van der Waals surface area contributed by atoms with E-state index in [9.17, 15) is 9.18 Å². The van der Waals surface area contributed by atoms with E-state index in [2.05, 4.69) is 10.3 Å². The number of hydrogen-bond acceptors (Lipinski definition) is 4. The van der Waals surface area contributed by atoms with Crippen molar-refractivity contribution in [2.75, 3.05) is 13.1 Å². The van der Waals surface area contributed by atoms with Crippen molar-refractivity contribution in [1.82, 2.24) is 15.1 Å². The van der Waals surface area contributed by atoms with Gasteiger partial charge in [-0.2, -0.15) is 0 Å². The molecule has 5 nitrogen and oxygen atoms in total. The van der Waals surface area contributed by atoms with Gasteiger partial charge >= 0.3 is 0 Å². The first-order valence-electron chi connectivity index (χ1n) is 8.23. The molecule has 0 radical (unpaired) electrons. The highest BCUT2D eigenvalue weighted by Crippen LogP contribution is 2.28. The minimum absolute atomic E-state index is 0.0590. The topological polar surface area (TPSA) is 47.9 Å². The van der Waals surface area contributed by atoms with Gasteiger partial charge in [-0.3, -0.25) is 14.6 Å². The molecule has 0 fully saturated rings. The van der Waals surface area contributed by atoms with Crippen molar-refractivity contribution in [3.05, 3.63) is 59.3 Å². The van der Waals surface area contributed by atoms with Gasteiger partial charge < -0.3 is 5.32 Å². The van der Waals surface area contributed by atoms with Crippen LogP contribution in [0.2, 0.25) is 0 Å². The van der Waals surface area contributed by atoms with Gasteiger partial charge in [0.25, 0.3) is 0 Å². The first-order chi connectivity index (χ1) is 11.7. The maximum absolute atomic E-state index is 13.2. The van der Waals surface area contributed by atoms with Crippen molar-refractivity contribution in [2.24, 2.45) is 4.99 Å². The molecule has 0 unspecified atom stereocenters. The van der Waals surface area contributed by atoms with Crippen LogP contribution in [0.4, 0.5) is 4.39 Å². The lowest BCUT2D eigenvalue weighted by Gasteiger charge is -2.42. The van der Waals surface area contributed by atoms with Gasteiger partial charge in [0, 0.05) is 19.2 Å². The number of guanidine groups is 1. The molecule has 0 aromatic heterocycles. The van der Waals surface area contributed by atoms with E-state index in [0.717, 1.165) is 30.8 Å². The fraction of sp³-hybridized carbons (Fsp3) is 0.333. The number of aliphatic imine (C=N–C) groups is 1. The number of halogens is 1. The van der Waals surface area contributed by atoms with E-state index < -0.39 is 0 Å². The second-order valence-corrected chi connectivity index (χ2v) is 6.19. The zero-order valence-electron chi connectivity index (χ0n) is 13.3. The van der Waals surface area contributed by atoms with E-state index in [1.54, 1.807) is 29.3 Å². The Bertz CT molecular complexity index is 751. The van der Waals surface area contributed by atoms with Gasteiger partial charge in [-0.05, 0) is 36.1 Å². The molecule has 1 amide bonds. The third-order valence-corrected chi connectivity index (χ3v) is 4.53. The molecular formula is C18H19FN4O. The Balaban J connectivity index is 1.74. The Labute approximate surface area is 140 Å². The molecule has 124 valence electrons. The van der Waals surface area contributed by atoms with Gasteiger partial charge in [0.05, 0.1) is 13.1 Å². The maximum Gasteiger partial charge on any atom is 0.233 e. The van der Waals surface area contributed by atoms with Crippen molar-refractivity contribution in [3.63, 3.8) is 0 Å². The second-order valence-electron chi connectivity index (χ2n) is 6.19. The van der Waals surface area contributed by atoms with Crippen LogP contribution in [-0.4, -0.2) is 34.8 Å². The van der Waals surface area contributed by atoms with Gasteiger partial charge in [-0.15, -0.1) is 0 Å². The predicted molar refractivity (Wildman–Crippen MR) is 89.1 cm³/mol. The molecule has 1 aromatic rings. The number of carbonyl (C=O) groups excluding carboxylic acids is 1. The van der Waals surface area contributed by atoms with Gasteiger partial charge in [-0.1, -0.05) is 18.2 Å². The molecule has 3 aliphatic rings. The van der Waals surface area contributed by atoms with Crippen molar-refractivity contribution >= 4 is 11.9 Å². The van der Waals surface area contributed by atoms with Crippen LogP contribution in [0.15, 0.2) is 52.9 Å². The molecule has 0 aliphatic carbocycles. The molecule has 1 N–H and O–H groups in total. The summed E-state index contributed by atoms with van der Waals surface area (Å²) < 4.78 is 13.2. The highest BCUT2D eigenvalue weighted by molar-refractivity contribution is 6.00. The number of rotatable bonds is 2. The van der Waals surface area contributed by atoms with Crippen LogP contribution >= 0.6 is 0 Å². The number of nitrogens with one attached hydrogen (secondary N) is 1. The quantitative estimate of drug-likeness (QED) is 0.907. The maximum atomic E-state index is 13.2. The van der Waals surface area contributed by atoms with Gasteiger partial charge in [-0.25, -0.2) is 9.38 Å². The van der Waals surface area contributed by atoms with E-state index in [1.165, 1.54) is 17.7 Å². The number of hydrogen-bond donors (Lipinski definition) is 1. The fourth-order valence-corrected chi connectivity index (χ4v) is 3.34. The number of amides is 1. The average molecular weight is 326 g/mol. The SMILES string of the molecule is O=C1CC=CN=C2N1CC1=C(NCCC1)N2Cc1ccc(F)cc1. The Hall–Kier alpha value is -2.63. The van der Waals surface area contributed by atoms with E-state index in [0.29, 0.717) is 25.5 Å². The van der Waals surface area contributed by atoms with Gasteiger partial charge in [0.15, 0.2) is 0 Å². The molecule has 0 saturated heterocycles. The summed E-state index contributed by atoms with van der Waals surface area (Å²) in [6.45, 7) is 2.06. The Morgan fingerprint density at radius 3 is 2.92 bits per heavy atom. The molecule has 3 heterocycles. The molecule has 3 aliphatic heterocycles. The van der Waals surface area contributed by atoms with Gasteiger partial charge in [0.1, 0.15) is 11.6 Å². The number of carbonyl (C=O) groups is 1. The minimum atomic E-state index is -0.250. The summed E-state index contributed by atoms with van der Waals surface area (Å²) in [7, 11) is 0. The predicted octanol–water partition coefficient (Wildman–Crippen LogP) is 2.34. The lowest BCUT2D eigenvalue weighted by atomic mass is 10.0. The summed E-state index contributed by atoms with van der Waals surface area (Å²) in [4.78, 5) is 20.7. The lowest BCUT2D eigenvalue weighted by molar-refractivity contribution is -0.126. The zero-order valence-corrected chi connectivity index (χ0v) is 13.3. The van der Waals surface area contributed by atoms with Crippen LogP contribution in [0.3, 0.4) is 0 Å². The van der Waals surface area contributed by atoms with Crippen LogP contribution in [0.5, 0.6) is 0 Å². The van der Waals surface area contributed by atoms with Crippen LogP contribution in [-0.2, 0) is 11.3 Å². The first-order valence-corrected chi connectivity index (χ1v) is 8.23. The summed E-state index contributed by atoms with van der Waals surface area (Å²) in [6, 6.07) is 6.46. The fourth-order valence-electron chi connectivity index (χ4n) is 3.34. The molecule has 0 saturated carbocycles. The lowest BCUT2D eigenvalue weighted by Crippen LogP contribution is -2.54. The summed E-state index contributed by atoms with van der Waals surface area (Å²) in [5, 5.41) is 3.46. The highest BCUT2D eigenvalue weighted by Gasteiger charge is 2.35. The molecule has 4 rings (SSSR count). The van der Waals surface area contributed by atoms with E-state index in [-0.39, 0.29) is 11.7 Å². The average Bonchev–Trinajstić information content (AvgIpc) is 2.79. The monoisotopic (exact) mass is 326 g/mol. The molecular weight excluding hydrogens is 307 g/mol. The van der Waals surface area contributed by atoms with Crippen molar-refractivity contribution in [2.45, 2.75) is 25.8 Å². The molecule has 0 bridgehead atoms. The third-order valence-electron chi connectivity index (χ3n) is 4.53. The van der Waals surface area contributed by atoms with Crippen LogP contribution < -0.4 is 5.32 Å². The van der Waals surface area contributed by atoms with E-state index in [1.807, 2.05) is 4.90 Å². The second kappa shape index (κ2) is 6.11. The largest absolute Gasteiger partial charge is 0.371 e. The van der Waals surface area contributed by atoms with Crippen molar-refractivity contribution < 1.29 is 9.18 Å². The number of benzene rings is 1. The van der Waals surface area contributed by atoms with Crippen molar-refractivity contribution in [1.29, 1.82) is 0 Å². The van der Waals surface area contributed by atoms with Crippen LogP contribution in [0.25, 0.3) is 0 Å². The minimum Gasteiger partial charge on any atom is -0.371 e. The first kappa shape index (κ1) is 14.9. The van der Waals surface area contributed by atoms with E-state index >= 15 is 0 Å². The Kier molecular flexibility index (Phi) is 3.80. The standard InChI is InChI=1S/C18H19FN4O/c19-15-7-5-13(6-8-15)11-23-17-14(3-1-9-20-17)12-22-16(24)4-2-10-21-18(22)23/h2,5-8,10,20H,1,3-4,9,11-12H2. The number of fused-ring (bicyclic) bond motifs is 1. The molecule has 1 aromatic carbocycles. The molecule has 0 atom stereocenters.